The maximum atomic E-state index is 4.57. The molecule has 1 atom stereocenters. The van der Waals surface area contributed by atoms with Crippen molar-refractivity contribution in [1.29, 1.82) is 0 Å². The van der Waals surface area contributed by atoms with Gasteiger partial charge in [0.05, 0.1) is 0 Å². The lowest BCUT2D eigenvalue weighted by atomic mass is 9.95. The second kappa shape index (κ2) is 6.38. The molecule has 0 spiro atoms. The average molecular weight is 261 g/mol. The van der Waals surface area contributed by atoms with E-state index in [1.54, 1.807) is 0 Å². The highest BCUT2D eigenvalue weighted by Gasteiger charge is 2.24. The Bertz CT molecular complexity index is 383. The van der Waals surface area contributed by atoms with Crippen LogP contribution in [0.1, 0.15) is 44.7 Å². The van der Waals surface area contributed by atoms with E-state index in [0.717, 1.165) is 11.7 Å². The van der Waals surface area contributed by atoms with Crippen molar-refractivity contribution in [3.05, 3.63) is 23.9 Å². The van der Waals surface area contributed by atoms with E-state index in [9.17, 15) is 0 Å². The Balaban J connectivity index is 2.12. The minimum Gasteiger partial charge on any atom is -0.363 e. The molecule has 0 saturated carbocycles. The Labute approximate surface area is 117 Å². The van der Waals surface area contributed by atoms with Crippen LogP contribution >= 0.6 is 0 Å². The number of likely N-dealkylation sites (tertiary alicyclic amines) is 1. The first-order chi connectivity index (χ1) is 9.08. The summed E-state index contributed by atoms with van der Waals surface area (Å²) < 4.78 is 0. The highest BCUT2D eigenvalue weighted by molar-refractivity contribution is 5.37. The number of aromatic nitrogens is 1. The van der Waals surface area contributed by atoms with E-state index in [1.165, 1.54) is 37.9 Å². The van der Waals surface area contributed by atoms with Crippen LogP contribution in [0.5, 0.6) is 0 Å². The van der Waals surface area contributed by atoms with Crippen LogP contribution in [0, 0.1) is 5.92 Å². The Kier molecular flexibility index (Phi) is 4.81. The fourth-order valence-electron chi connectivity index (χ4n) is 2.92. The number of hydrogen-bond donors (Lipinski definition) is 0. The van der Waals surface area contributed by atoms with E-state index in [2.05, 4.69) is 47.0 Å². The van der Waals surface area contributed by atoms with Crippen molar-refractivity contribution in [2.45, 2.75) is 39.2 Å². The molecule has 2 rings (SSSR count). The minimum absolute atomic E-state index is 0.569. The van der Waals surface area contributed by atoms with E-state index in [1.807, 2.05) is 14.1 Å². The van der Waals surface area contributed by atoms with E-state index in [4.69, 9.17) is 0 Å². The predicted octanol–water partition coefficient (Wildman–Crippen LogP) is 3.33. The van der Waals surface area contributed by atoms with Gasteiger partial charge in [0.15, 0.2) is 0 Å². The molecule has 1 aromatic rings. The first-order valence-corrected chi connectivity index (χ1v) is 7.45. The predicted molar refractivity (Wildman–Crippen MR) is 81.6 cm³/mol. The van der Waals surface area contributed by atoms with Crippen LogP contribution in [0.15, 0.2) is 18.3 Å². The quantitative estimate of drug-likeness (QED) is 0.828. The lowest BCUT2D eigenvalue weighted by Crippen LogP contribution is -2.36. The maximum absolute atomic E-state index is 4.57. The molecule has 0 unspecified atom stereocenters. The summed E-state index contributed by atoms with van der Waals surface area (Å²) in [4.78, 5) is 9.26. The van der Waals surface area contributed by atoms with Gasteiger partial charge in [-0.05, 0) is 36.9 Å². The van der Waals surface area contributed by atoms with Gasteiger partial charge in [0.2, 0.25) is 0 Å². The number of piperidine rings is 1. The summed E-state index contributed by atoms with van der Waals surface area (Å²) >= 11 is 0. The Morgan fingerprint density at radius 1 is 1.32 bits per heavy atom. The molecule has 1 fully saturated rings. The van der Waals surface area contributed by atoms with Crippen molar-refractivity contribution < 1.29 is 0 Å². The molecule has 1 aliphatic rings. The molecule has 3 heteroatoms. The number of nitrogens with zero attached hydrogens (tertiary/aromatic N) is 3. The minimum atomic E-state index is 0.569. The van der Waals surface area contributed by atoms with Gasteiger partial charge in [-0.2, -0.15) is 0 Å². The van der Waals surface area contributed by atoms with Crippen molar-refractivity contribution in [2.75, 3.05) is 32.1 Å². The molecule has 1 saturated heterocycles. The first-order valence-electron chi connectivity index (χ1n) is 7.45. The van der Waals surface area contributed by atoms with Crippen LogP contribution in [-0.2, 0) is 0 Å². The summed E-state index contributed by atoms with van der Waals surface area (Å²) in [6, 6.07) is 4.96. The topological polar surface area (TPSA) is 19.4 Å². The monoisotopic (exact) mass is 261 g/mol. The van der Waals surface area contributed by atoms with Gasteiger partial charge >= 0.3 is 0 Å². The van der Waals surface area contributed by atoms with E-state index in [0.29, 0.717) is 6.04 Å². The average Bonchev–Trinajstić information content (AvgIpc) is 2.39. The molecule has 0 amide bonds. The normalized spacial score (nSPS) is 20.8. The van der Waals surface area contributed by atoms with Crippen molar-refractivity contribution in [1.82, 2.24) is 9.88 Å². The largest absolute Gasteiger partial charge is 0.363 e. The number of hydrogen-bond acceptors (Lipinski definition) is 3. The van der Waals surface area contributed by atoms with Gasteiger partial charge in [-0.15, -0.1) is 0 Å². The molecule has 19 heavy (non-hydrogen) atoms. The molecule has 1 aliphatic heterocycles. The summed E-state index contributed by atoms with van der Waals surface area (Å²) in [5.74, 6) is 1.77. The Hall–Kier alpha value is -1.09. The SMILES string of the molecule is CC(C)CN1CCCC[C@@H]1c1ccc(N(C)C)nc1. The second-order valence-electron chi connectivity index (χ2n) is 6.24. The smallest absolute Gasteiger partial charge is 0.127 e. The second-order valence-corrected chi connectivity index (χ2v) is 6.24. The van der Waals surface area contributed by atoms with Gasteiger partial charge in [0.25, 0.3) is 0 Å². The van der Waals surface area contributed by atoms with Crippen LogP contribution in [0.25, 0.3) is 0 Å². The molecule has 0 radical (unpaired) electrons. The Morgan fingerprint density at radius 3 is 2.68 bits per heavy atom. The van der Waals surface area contributed by atoms with Crippen molar-refractivity contribution in [2.24, 2.45) is 5.92 Å². The van der Waals surface area contributed by atoms with Gasteiger partial charge in [0, 0.05) is 32.9 Å². The van der Waals surface area contributed by atoms with Crippen LogP contribution < -0.4 is 4.90 Å². The maximum Gasteiger partial charge on any atom is 0.127 e. The fourth-order valence-corrected chi connectivity index (χ4v) is 2.92. The number of rotatable bonds is 4. The molecule has 106 valence electrons. The molecule has 0 aromatic carbocycles. The van der Waals surface area contributed by atoms with E-state index in [-0.39, 0.29) is 0 Å². The van der Waals surface area contributed by atoms with Crippen LogP contribution in [0.3, 0.4) is 0 Å². The molecule has 1 aromatic heterocycles. The molecule has 3 nitrogen and oxygen atoms in total. The number of anilines is 1. The zero-order chi connectivity index (χ0) is 13.8. The molecule has 0 N–H and O–H groups in total. The van der Waals surface area contributed by atoms with E-state index < -0.39 is 0 Å². The van der Waals surface area contributed by atoms with Crippen molar-refractivity contribution in [3.63, 3.8) is 0 Å². The summed E-state index contributed by atoms with van der Waals surface area (Å²) in [5, 5.41) is 0. The third kappa shape index (κ3) is 3.69. The zero-order valence-electron chi connectivity index (χ0n) is 12.8. The van der Waals surface area contributed by atoms with Crippen molar-refractivity contribution >= 4 is 5.82 Å². The molecule has 2 heterocycles. The lowest BCUT2D eigenvalue weighted by Gasteiger charge is -2.37. The van der Waals surface area contributed by atoms with Crippen molar-refractivity contribution in [3.8, 4) is 0 Å². The third-order valence-corrected chi connectivity index (χ3v) is 3.83. The summed E-state index contributed by atoms with van der Waals surface area (Å²) in [6.07, 6.45) is 6.02. The first kappa shape index (κ1) is 14.3. The van der Waals surface area contributed by atoms with Crippen LogP contribution in [0.4, 0.5) is 5.82 Å². The van der Waals surface area contributed by atoms with Crippen LogP contribution in [0.2, 0.25) is 0 Å². The number of pyridine rings is 1. The molecular weight excluding hydrogens is 234 g/mol. The molecule has 0 bridgehead atoms. The Morgan fingerprint density at radius 2 is 2.11 bits per heavy atom. The van der Waals surface area contributed by atoms with Crippen LogP contribution in [-0.4, -0.2) is 37.1 Å². The third-order valence-electron chi connectivity index (χ3n) is 3.83. The standard InChI is InChI=1S/C16H27N3/c1-13(2)12-19-10-6-5-7-15(19)14-8-9-16(17-11-14)18(3)4/h8-9,11,13,15H,5-7,10,12H2,1-4H3/t15-/m1/s1. The fraction of sp³-hybridized carbons (Fsp3) is 0.688. The van der Waals surface area contributed by atoms with E-state index >= 15 is 0 Å². The van der Waals surface area contributed by atoms with Gasteiger partial charge in [-0.25, -0.2) is 4.98 Å². The van der Waals surface area contributed by atoms with Gasteiger partial charge in [0.1, 0.15) is 5.82 Å². The summed E-state index contributed by atoms with van der Waals surface area (Å²) in [5.41, 5.74) is 1.38. The van der Waals surface area contributed by atoms with Gasteiger partial charge in [-0.1, -0.05) is 26.3 Å². The zero-order valence-corrected chi connectivity index (χ0v) is 12.8. The molecular formula is C16H27N3. The highest BCUT2D eigenvalue weighted by Crippen LogP contribution is 2.31. The van der Waals surface area contributed by atoms with Gasteiger partial charge in [-0.3, -0.25) is 4.90 Å². The lowest BCUT2D eigenvalue weighted by molar-refractivity contribution is 0.132. The highest BCUT2D eigenvalue weighted by atomic mass is 15.2. The molecule has 0 aliphatic carbocycles. The summed E-state index contributed by atoms with van der Waals surface area (Å²) in [7, 11) is 4.07. The van der Waals surface area contributed by atoms with Gasteiger partial charge < -0.3 is 4.90 Å². The summed E-state index contributed by atoms with van der Waals surface area (Å²) in [6.45, 7) is 7.04.